The predicted octanol–water partition coefficient (Wildman–Crippen LogP) is 4.02. The summed E-state index contributed by atoms with van der Waals surface area (Å²) in [6, 6.07) is 11.8. The summed E-state index contributed by atoms with van der Waals surface area (Å²) in [4.78, 5) is 11.7. The minimum atomic E-state index is -0.694. The Bertz CT molecular complexity index is 835. The van der Waals surface area contributed by atoms with Crippen LogP contribution < -0.4 is 10.1 Å². The third kappa shape index (κ3) is 4.32. The molecular weight excluding hydrogens is 336 g/mol. The Kier molecular flexibility index (Phi) is 4.76. The molecule has 0 aliphatic heterocycles. The molecule has 0 bridgehead atoms. The molecular formula is C16H11F2N3O2S. The fraction of sp³-hybridized carbons (Fsp3) is 0.0625. The largest absolute Gasteiger partial charge is 0.418 e. The number of amides is 1. The number of carbonyl (C=O) groups is 1. The summed E-state index contributed by atoms with van der Waals surface area (Å²) in [7, 11) is 0. The number of rotatable bonds is 4. The second-order valence-electron chi connectivity index (χ2n) is 4.78. The zero-order valence-electron chi connectivity index (χ0n) is 12.2. The van der Waals surface area contributed by atoms with Crippen molar-refractivity contribution >= 4 is 22.6 Å². The summed E-state index contributed by atoms with van der Waals surface area (Å²) in [5.74, 6) is -0.909. The van der Waals surface area contributed by atoms with E-state index >= 15 is 0 Å². The fourth-order valence-electron chi connectivity index (χ4n) is 1.97. The smallest absolute Gasteiger partial charge is 0.410 e. The third-order valence-electron chi connectivity index (χ3n) is 2.91. The Labute approximate surface area is 139 Å². The van der Waals surface area contributed by atoms with Gasteiger partial charge >= 0.3 is 6.09 Å². The molecule has 1 N–H and O–H groups in total. The van der Waals surface area contributed by atoms with E-state index in [9.17, 15) is 13.6 Å². The molecule has 5 nitrogen and oxygen atoms in total. The van der Waals surface area contributed by atoms with Crippen LogP contribution in [0, 0.1) is 11.6 Å². The maximum Gasteiger partial charge on any atom is 0.418 e. The van der Waals surface area contributed by atoms with Gasteiger partial charge in [0.15, 0.2) is 0 Å². The second kappa shape index (κ2) is 7.14. The summed E-state index contributed by atoms with van der Waals surface area (Å²) < 4.78 is 31.4. The van der Waals surface area contributed by atoms with Crippen LogP contribution in [0.1, 0.15) is 10.6 Å². The Balaban J connectivity index is 1.62. The molecule has 0 spiro atoms. The number of benzene rings is 2. The van der Waals surface area contributed by atoms with Crippen molar-refractivity contribution in [1.29, 1.82) is 0 Å². The average molecular weight is 347 g/mol. The van der Waals surface area contributed by atoms with Crippen molar-refractivity contribution in [3.8, 4) is 5.75 Å². The highest BCUT2D eigenvalue weighted by molar-refractivity contribution is 7.15. The SMILES string of the molecule is O=C(Nc1nnc(Cc2cc(F)cc(F)c2)s1)Oc1ccccc1. The lowest BCUT2D eigenvalue weighted by atomic mass is 10.1. The van der Waals surface area contributed by atoms with Crippen molar-refractivity contribution in [3.63, 3.8) is 0 Å². The molecule has 24 heavy (non-hydrogen) atoms. The number of halogens is 2. The molecule has 8 heteroatoms. The molecule has 1 aromatic heterocycles. The Morgan fingerprint density at radius 2 is 1.79 bits per heavy atom. The highest BCUT2D eigenvalue weighted by Crippen LogP contribution is 2.20. The van der Waals surface area contributed by atoms with Crippen molar-refractivity contribution in [2.75, 3.05) is 5.32 Å². The topological polar surface area (TPSA) is 64.1 Å². The quantitative estimate of drug-likeness (QED) is 0.774. The molecule has 0 fully saturated rings. The van der Waals surface area contributed by atoms with Gasteiger partial charge in [-0.1, -0.05) is 29.5 Å². The number of nitrogens with one attached hydrogen (secondary N) is 1. The lowest BCUT2D eigenvalue weighted by molar-refractivity contribution is 0.215. The fourth-order valence-corrected chi connectivity index (χ4v) is 2.73. The van der Waals surface area contributed by atoms with Crippen LogP contribution in [-0.4, -0.2) is 16.3 Å². The van der Waals surface area contributed by atoms with E-state index in [0.717, 1.165) is 17.4 Å². The lowest BCUT2D eigenvalue weighted by Gasteiger charge is -2.02. The van der Waals surface area contributed by atoms with E-state index in [1.54, 1.807) is 30.3 Å². The summed E-state index contributed by atoms with van der Waals surface area (Å²) in [5, 5.41) is 10.9. The number of hydrogen-bond donors (Lipinski definition) is 1. The minimum absolute atomic E-state index is 0.210. The molecule has 0 aliphatic carbocycles. The van der Waals surface area contributed by atoms with Gasteiger partial charge in [-0.3, -0.25) is 5.32 Å². The van der Waals surface area contributed by atoms with Crippen LogP contribution in [0.3, 0.4) is 0 Å². The molecule has 0 radical (unpaired) electrons. The molecule has 0 aliphatic rings. The number of nitrogens with zero attached hydrogens (tertiary/aromatic N) is 2. The Hall–Kier alpha value is -2.87. The maximum atomic E-state index is 13.2. The normalized spacial score (nSPS) is 10.4. The van der Waals surface area contributed by atoms with Gasteiger partial charge in [0.05, 0.1) is 0 Å². The number of hydrogen-bond acceptors (Lipinski definition) is 5. The molecule has 0 unspecified atom stereocenters. The number of carbonyl (C=O) groups excluding carboxylic acids is 1. The number of anilines is 1. The van der Waals surface area contributed by atoms with Crippen LogP contribution in [-0.2, 0) is 6.42 Å². The van der Waals surface area contributed by atoms with Gasteiger partial charge in [-0.05, 0) is 29.8 Å². The van der Waals surface area contributed by atoms with Crippen LogP contribution >= 0.6 is 11.3 Å². The summed E-state index contributed by atoms with van der Waals surface area (Å²) in [5.41, 5.74) is 0.432. The standard InChI is InChI=1S/C16H11F2N3O2S/c17-11-6-10(7-12(18)9-11)8-14-20-21-15(24-14)19-16(22)23-13-4-2-1-3-5-13/h1-7,9H,8H2,(H,19,21,22). The van der Waals surface area contributed by atoms with Crippen molar-refractivity contribution in [2.24, 2.45) is 0 Å². The first-order valence-corrected chi connectivity index (χ1v) is 7.71. The molecule has 0 atom stereocenters. The second-order valence-corrected chi connectivity index (χ2v) is 5.85. The van der Waals surface area contributed by atoms with E-state index in [-0.39, 0.29) is 11.6 Å². The van der Waals surface area contributed by atoms with Crippen molar-refractivity contribution in [3.05, 3.63) is 70.7 Å². The molecule has 3 aromatic rings. The average Bonchev–Trinajstić information content (AvgIpc) is 2.94. The van der Waals surface area contributed by atoms with Gasteiger partial charge in [0, 0.05) is 12.5 Å². The van der Waals surface area contributed by atoms with Crippen LogP contribution in [0.2, 0.25) is 0 Å². The molecule has 0 saturated carbocycles. The number of ether oxygens (including phenoxy) is 1. The monoisotopic (exact) mass is 347 g/mol. The molecule has 1 heterocycles. The molecule has 1 amide bonds. The minimum Gasteiger partial charge on any atom is -0.410 e. The van der Waals surface area contributed by atoms with Crippen LogP contribution in [0.15, 0.2) is 48.5 Å². The summed E-state index contributed by atoms with van der Waals surface area (Å²) in [6.45, 7) is 0. The van der Waals surface area contributed by atoms with E-state index in [0.29, 0.717) is 16.3 Å². The maximum absolute atomic E-state index is 13.2. The van der Waals surface area contributed by atoms with Gasteiger partial charge in [0.1, 0.15) is 22.4 Å². The van der Waals surface area contributed by atoms with Crippen molar-refractivity contribution < 1.29 is 18.3 Å². The van der Waals surface area contributed by atoms with Crippen molar-refractivity contribution in [1.82, 2.24) is 10.2 Å². The van der Waals surface area contributed by atoms with Gasteiger partial charge in [0.2, 0.25) is 5.13 Å². The van der Waals surface area contributed by atoms with Crippen LogP contribution in [0.25, 0.3) is 0 Å². The van der Waals surface area contributed by atoms with Crippen LogP contribution in [0.5, 0.6) is 5.75 Å². The number of para-hydroxylation sites is 1. The molecule has 122 valence electrons. The van der Waals surface area contributed by atoms with Gasteiger partial charge in [0.25, 0.3) is 0 Å². The van der Waals surface area contributed by atoms with E-state index in [4.69, 9.17) is 4.74 Å². The summed E-state index contributed by atoms with van der Waals surface area (Å²) >= 11 is 1.10. The Morgan fingerprint density at radius 3 is 2.50 bits per heavy atom. The van der Waals surface area contributed by atoms with Gasteiger partial charge in [-0.25, -0.2) is 13.6 Å². The van der Waals surface area contributed by atoms with Crippen molar-refractivity contribution in [2.45, 2.75) is 6.42 Å². The van der Waals surface area contributed by atoms with E-state index in [1.165, 1.54) is 12.1 Å². The van der Waals surface area contributed by atoms with E-state index < -0.39 is 17.7 Å². The number of aromatic nitrogens is 2. The molecule has 0 saturated heterocycles. The highest BCUT2D eigenvalue weighted by atomic mass is 32.1. The zero-order valence-corrected chi connectivity index (χ0v) is 13.0. The highest BCUT2D eigenvalue weighted by Gasteiger charge is 2.11. The van der Waals surface area contributed by atoms with Gasteiger partial charge < -0.3 is 4.74 Å². The predicted molar refractivity (Wildman–Crippen MR) is 85.2 cm³/mol. The van der Waals surface area contributed by atoms with Crippen LogP contribution in [0.4, 0.5) is 18.7 Å². The molecule has 2 aromatic carbocycles. The van der Waals surface area contributed by atoms with Gasteiger partial charge in [-0.15, -0.1) is 10.2 Å². The Morgan fingerprint density at radius 1 is 1.08 bits per heavy atom. The molecule has 3 rings (SSSR count). The van der Waals surface area contributed by atoms with E-state index in [2.05, 4.69) is 15.5 Å². The first-order chi connectivity index (χ1) is 11.6. The van der Waals surface area contributed by atoms with E-state index in [1.807, 2.05) is 0 Å². The summed E-state index contributed by atoms with van der Waals surface area (Å²) in [6.07, 6.45) is -0.484. The first kappa shape index (κ1) is 16.0. The third-order valence-corrected chi connectivity index (χ3v) is 3.75. The zero-order chi connectivity index (χ0) is 16.9. The lowest BCUT2D eigenvalue weighted by Crippen LogP contribution is -2.16. The first-order valence-electron chi connectivity index (χ1n) is 6.90. The van der Waals surface area contributed by atoms with Gasteiger partial charge in [-0.2, -0.15) is 0 Å².